The van der Waals surface area contributed by atoms with Gasteiger partial charge in [0, 0.05) is 31.8 Å². The van der Waals surface area contributed by atoms with Crippen LogP contribution in [0.25, 0.3) is 0 Å². The van der Waals surface area contributed by atoms with Crippen LogP contribution in [0.3, 0.4) is 0 Å². The van der Waals surface area contributed by atoms with Crippen LogP contribution in [0, 0.1) is 5.92 Å². The summed E-state index contributed by atoms with van der Waals surface area (Å²) in [6, 6.07) is 11.9. The third kappa shape index (κ3) is 4.80. The minimum absolute atomic E-state index is 0.308. The zero-order valence-corrected chi connectivity index (χ0v) is 13.5. The van der Waals surface area contributed by atoms with Gasteiger partial charge in [0.25, 0.3) is 0 Å². The van der Waals surface area contributed by atoms with Crippen LogP contribution < -0.4 is 5.32 Å². The Bertz CT molecular complexity index is 395. The van der Waals surface area contributed by atoms with E-state index in [2.05, 4.69) is 54.4 Å². The van der Waals surface area contributed by atoms with Gasteiger partial charge in [-0.15, -0.1) is 0 Å². The van der Waals surface area contributed by atoms with Gasteiger partial charge in [0.15, 0.2) is 0 Å². The summed E-state index contributed by atoms with van der Waals surface area (Å²) in [5.74, 6) is 0.607. The molecule has 1 aliphatic rings. The Hall–Kier alpha value is -0.900. The lowest BCUT2D eigenvalue weighted by Crippen LogP contribution is -2.36. The number of benzene rings is 1. The predicted octanol–water partition coefficient (Wildman–Crippen LogP) is 2.82. The molecule has 2 N–H and O–H groups in total. The maximum absolute atomic E-state index is 9.06. The van der Waals surface area contributed by atoms with Crippen molar-refractivity contribution < 1.29 is 5.11 Å². The maximum Gasteiger partial charge on any atom is 0.0434 e. The zero-order valence-electron chi connectivity index (χ0n) is 13.5. The van der Waals surface area contributed by atoms with Crippen LogP contribution in [-0.2, 0) is 0 Å². The summed E-state index contributed by atoms with van der Waals surface area (Å²) in [5, 5.41) is 12.8. The van der Waals surface area contributed by atoms with Gasteiger partial charge in [-0.1, -0.05) is 43.7 Å². The topological polar surface area (TPSA) is 35.5 Å². The SMILES string of the molecule is CCC(CCO)CNC1CCN(C(C)c2ccccc2)C1. The fourth-order valence-corrected chi connectivity index (χ4v) is 3.21. The Morgan fingerprint density at radius 1 is 1.33 bits per heavy atom. The van der Waals surface area contributed by atoms with Gasteiger partial charge in [0.1, 0.15) is 0 Å². The van der Waals surface area contributed by atoms with E-state index in [1.165, 1.54) is 18.5 Å². The summed E-state index contributed by atoms with van der Waals surface area (Å²) < 4.78 is 0. The average Bonchev–Trinajstić information content (AvgIpc) is 3.00. The monoisotopic (exact) mass is 290 g/mol. The van der Waals surface area contributed by atoms with E-state index in [1.807, 2.05) is 0 Å². The molecule has 0 aromatic heterocycles. The zero-order chi connectivity index (χ0) is 15.1. The van der Waals surface area contributed by atoms with Gasteiger partial charge in [-0.05, 0) is 37.8 Å². The first-order chi connectivity index (χ1) is 10.2. The predicted molar refractivity (Wildman–Crippen MR) is 88.3 cm³/mol. The fourth-order valence-electron chi connectivity index (χ4n) is 3.21. The Labute approximate surface area is 129 Å². The molecule has 0 amide bonds. The Balaban J connectivity index is 1.78. The first kappa shape index (κ1) is 16.5. The van der Waals surface area contributed by atoms with Gasteiger partial charge in [0.05, 0.1) is 0 Å². The number of hydrogen-bond acceptors (Lipinski definition) is 3. The molecule has 0 aliphatic carbocycles. The molecule has 0 spiro atoms. The number of likely N-dealkylation sites (tertiary alicyclic amines) is 1. The second-order valence-electron chi connectivity index (χ2n) is 6.26. The highest BCUT2D eigenvalue weighted by Crippen LogP contribution is 2.24. The lowest BCUT2D eigenvalue weighted by Gasteiger charge is -2.25. The summed E-state index contributed by atoms with van der Waals surface area (Å²) in [5.41, 5.74) is 1.41. The summed E-state index contributed by atoms with van der Waals surface area (Å²) >= 11 is 0. The third-order valence-corrected chi connectivity index (χ3v) is 4.86. The summed E-state index contributed by atoms with van der Waals surface area (Å²) in [4.78, 5) is 2.57. The van der Waals surface area contributed by atoms with Gasteiger partial charge in [-0.25, -0.2) is 0 Å². The molecule has 1 saturated heterocycles. The summed E-state index contributed by atoms with van der Waals surface area (Å²) in [6.07, 6.45) is 3.29. The normalized spacial score (nSPS) is 22.3. The highest BCUT2D eigenvalue weighted by molar-refractivity contribution is 5.18. The molecular formula is C18H30N2O. The molecule has 0 radical (unpaired) electrons. The van der Waals surface area contributed by atoms with Crippen molar-refractivity contribution >= 4 is 0 Å². The lowest BCUT2D eigenvalue weighted by atomic mass is 10.0. The van der Waals surface area contributed by atoms with Crippen molar-refractivity contribution in [1.82, 2.24) is 10.2 Å². The van der Waals surface area contributed by atoms with Gasteiger partial charge < -0.3 is 10.4 Å². The smallest absolute Gasteiger partial charge is 0.0434 e. The molecule has 1 aromatic rings. The lowest BCUT2D eigenvalue weighted by molar-refractivity contribution is 0.241. The summed E-state index contributed by atoms with van der Waals surface area (Å²) in [7, 11) is 0. The molecule has 1 aromatic carbocycles. The maximum atomic E-state index is 9.06. The van der Waals surface area contributed by atoms with E-state index >= 15 is 0 Å². The average molecular weight is 290 g/mol. The van der Waals surface area contributed by atoms with Gasteiger partial charge in [-0.2, -0.15) is 0 Å². The van der Waals surface area contributed by atoms with Crippen LogP contribution in [0.5, 0.6) is 0 Å². The van der Waals surface area contributed by atoms with Crippen LogP contribution in [0.2, 0.25) is 0 Å². The molecule has 118 valence electrons. The largest absolute Gasteiger partial charge is 0.396 e. The molecule has 1 heterocycles. The van der Waals surface area contributed by atoms with Crippen LogP contribution in [-0.4, -0.2) is 42.3 Å². The fraction of sp³-hybridized carbons (Fsp3) is 0.667. The number of aliphatic hydroxyl groups is 1. The van der Waals surface area contributed by atoms with E-state index < -0.39 is 0 Å². The Morgan fingerprint density at radius 2 is 2.10 bits per heavy atom. The molecule has 3 heteroatoms. The molecule has 2 rings (SSSR count). The first-order valence-electron chi connectivity index (χ1n) is 8.37. The van der Waals surface area contributed by atoms with E-state index in [1.54, 1.807) is 0 Å². The van der Waals surface area contributed by atoms with Crippen LogP contribution in [0.4, 0.5) is 0 Å². The van der Waals surface area contributed by atoms with Crippen molar-refractivity contribution in [3.63, 3.8) is 0 Å². The molecule has 3 unspecified atom stereocenters. The number of nitrogens with one attached hydrogen (secondary N) is 1. The van der Waals surface area contributed by atoms with Crippen molar-refractivity contribution in [2.24, 2.45) is 5.92 Å². The molecule has 3 nitrogen and oxygen atoms in total. The standard InChI is InChI=1S/C18H30N2O/c1-3-16(10-12-21)13-19-18-9-11-20(14-18)15(2)17-7-5-4-6-8-17/h4-8,15-16,18-19,21H,3,9-14H2,1-2H3. The Kier molecular flexibility index (Phi) is 6.68. The van der Waals surface area contributed by atoms with E-state index in [4.69, 9.17) is 5.11 Å². The minimum atomic E-state index is 0.308. The van der Waals surface area contributed by atoms with Crippen molar-refractivity contribution in [3.05, 3.63) is 35.9 Å². The minimum Gasteiger partial charge on any atom is -0.396 e. The van der Waals surface area contributed by atoms with Crippen molar-refractivity contribution in [1.29, 1.82) is 0 Å². The van der Waals surface area contributed by atoms with Gasteiger partial charge >= 0.3 is 0 Å². The first-order valence-corrected chi connectivity index (χ1v) is 8.37. The van der Waals surface area contributed by atoms with Crippen LogP contribution >= 0.6 is 0 Å². The second-order valence-corrected chi connectivity index (χ2v) is 6.26. The number of aliphatic hydroxyl groups excluding tert-OH is 1. The molecular weight excluding hydrogens is 260 g/mol. The van der Waals surface area contributed by atoms with Gasteiger partial charge in [0.2, 0.25) is 0 Å². The number of nitrogens with zero attached hydrogens (tertiary/aromatic N) is 1. The van der Waals surface area contributed by atoms with Crippen LogP contribution in [0.1, 0.15) is 44.7 Å². The van der Waals surface area contributed by atoms with E-state index in [0.717, 1.165) is 25.9 Å². The summed E-state index contributed by atoms with van der Waals surface area (Å²) in [6.45, 7) is 8.16. The van der Waals surface area contributed by atoms with E-state index in [0.29, 0.717) is 24.6 Å². The molecule has 0 saturated carbocycles. The third-order valence-electron chi connectivity index (χ3n) is 4.86. The highest BCUT2D eigenvalue weighted by atomic mass is 16.3. The van der Waals surface area contributed by atoms with Crippen molar-refractivity contribution in [2.75, 3.05) is 26.2 Å². The van der Waals surface area contributed by atoms with Crippen LogP contribution in [0.15, 0.2) is 30.3 Å². The van der Waals surface area contributed by atoms with E-state index in [-0.39, 0.29) is 0 Å². The second kappa shape index (κ2) is 8.52. The molecule has 1 aliphatic heterocycles. The van der Waals surface area contributed by atoms with E-state index in [9.17, 15) is 0 Å². The Morgan fingerprint density at radius 3 is 2.76 bits per heavy atom. The van der Waals surface area contributed by atoms with Gasteiger partial charge in [-0.3, -0.25) is 4.90 Å². The number of hydrogen-bond donors (Lipinski definition) is 2. The van der Waals surface area contributed by atoms with Crippen molar-refractivity contribution in [3.8, 4) is 0 Å². The number of rotatable bonds is 8. The quantitative estimate of drug-likeness (QED) is 0.773. The molecule has 0 bridgehead atoms. The molecule has 3 atom stereocenters. The van der Waals surface area contributed by atoms with Crippen molar-refractivity contribution in [2.45, 2.75) is 45.2 Å². The molecule has 21 heavy (non-hydrogen) atoms. The highest BCUT2D eigenvalue weighted by Gasteiger charge is 2.26. The molecule has 1 fully saturated rings.